The van der Waals surface area contributed by atoms with E-state index in [1.165, 1.54) is 0 Å². The Balaban J connectivity index is 0.974. The molecule has 3 aromatic heterocycles. The number of benzene rings is 9. The minimum atomic E-state index is 0.847. The van der Waals surface area contributed by atoms with E-state index in [0.717, 1.165) is 117 Å². The molecule has 64 heavy (non-hydrogen) atoms. The van der Waals surface area contributed by atoms with Gasteiger partial charge >= 0.3 is 0 Å². The van der Waals surface area contributed by atoms with Crippen molar-refractivity contribution >= 4 is 50.0 Å². The van der Waals surface area contributed by atoms with Crippen LogP contribution in [0.15, 0.2) is 250 Å². The van der Waals surface area contributed by atoms with Gasteiger partial charge in [-0.1, -0.05) is 146 Å². The van der Waals surface area contributed by atoms with E-state index in [0.29, 0.717) is 0 Å². The van der Waals surface area contributed by atoms with Gasteiger partial charge in [0.2, 0.25) is 0 Å². The number of hydrogen-bond donors (Lipinski definition) is 0. The van der Waals surface area contributed by atoms with E-state index >= 15 is 0 Å². The van der Waals surface area contributed by atoms with Crippen LogP contribution in [-0.4, -0.2) is 0 Å². The van der Waals surface area contributed by atoms with Crippen LogP contribution in [0.3, 0.4) is 0 Å². The van der Waals surface area contributed by atoms with Crippen LogP contribution in [-0.2, 0) is 0 Å². The smallest absolute Gasteiger partial charge is 0.143 e. The monoisotopic (exact) mass is 821 g/mol. The van der Waals surface area contributed by atoms with Gasteiger partial charge in [0.25, 0.3) is 0 Å². The molecule has 0 amide bonds. The Kier molecular flexibility index (Phi) is 9.12. The van der Waals surface area contributed by atoms with Gasteiger partial charge in [-0.3, -0.25) is 0 Å². The number of fused-ring (bicyclic) bond motifs is 3. The van der Waals surface area contributed by atoms with E-state index in [1.54, 1.807) is 0 Å². The van der Waals surface area contributed by atoms with Crippen molar-refractivity contribution in [2.45, 2.75) is 0 Å². The molecule has 302 valence electrons. The van der Waals surface area contributed by atoms with Gasteiger partial charge in [0.15, 0.2) is 0 Å². The van der Waals surface area contributed by atoms with Crippen LogP contribution in [0.5, 0.6) is 0 Å². The summed E-state index contributed by atoms with van der Waals surface area (Å²) in [6, 6.07) is 82.3. The quantitative estimate of drug-likeness (QED) is 0.145. The van der Waals surface area contributed by atoms with Gasteiger partial charge in [-0.05, 0) is 108 Å². The minimum Gasteiger partial charge on any atom is -0.455 e. The maximum absolute atomic E-state index is 6.62. The third-order valence-corrected chi connectivity index (χ3v) is 12.1. The van der Waals surface area contributed by atoms with E-state index in [4.69, 9.17) is 13.3 Å². The molecule has 4 heteroatoms. The molecular formula is C60H39NO3. The van der Waals surface area contributed by atoms with Crippen LogP contribution in [0.2, 0.25) is 0 Å². The Morgan fingerprint density at radius 3 is 0.750 bits per heavy atom. The van der Waals surface area contributed by atoms with Crippen molar-refractivity contribution in [3.63, 3.8) is 0 Å². The summed E-state index contributed by atoms with van der Waals surface area (Å²) < 4.78 is 19.8. The van der Waals surface area contributed by atoms with Crippen molar-refractivity contribution in [2.24, 2.45) is 0 Å². The first kappa shape index (κ1) is 37.2. The van der Waals surface area contributed by atoms with E-state index < -0.39 is 0 Å². The fourth-order valence-electron chi connectivity index (χ4n) is 9.15. The van der Waals surface area contributed by atoms with E-state index in [9.17, 15) is 0 Å². The molecule has 0 fully saturated rings. The Labute approximate surface area is 370 Å². The Morgan fingerprint density at radius 2 is 0.469 bits per heavy atom. The molecule has 9 aromatic carbocycles. The second kappa shape index (κ2) is 15.7. The third kappa shape index (κ3) is 6.48. The number of anilines is 3. The topological polar surface area (TPSA) is 42.7 Å². The van der Waals surface area contributed by atoms with E-state index in [-0.39, 0.29) is 0 Å². The summed E-state index contributed by atoms with van der Waals surface area (Å²) in [6.45, 7) is 0. The summed E-state index contributed by atoms with van der Waals surface area (Å²) >= 11 is 0. The average molecular weight is 822 g/mol. The number of rotatable bonds is 9. The maximum Gasteiger partial charge on any atom is 0.143 e. The molecule has 0 unspecified atom stereocenters. The predicted molar refractivity (Wildman–Crippen MR) is 263 cm³/mol. The second-order valence-electron chi connectivity index (χ2n) is 16.0. The van der Waals surface area contributed by atoms with Gasteiger partial charge in [0, 0.05) is 66.6 Å². The van der Waals surface area contributed by atoms with Crippen LogP contribution in [0.1, 0.15) is 0 Å². The van der Waals surface area contributed by atoms with Crippen molar-refractivity contribution < 1.29 is 13.3 Å². The van der Waals surface area contributed by atoms with Crippen LogP contribution in [0, 0.1) is 0 Å². The zero-order valence-corrected chi connectivity index (χ0v) is 34.7. The van der Waals surface area contributed by atoms with Crippen molar-refractivity contribution in [3.05, 3.63) is 237 Å². The summed E-state index contributed by atoms with van der Waals surface area (Å²) in [5, 5.41) is 3.28. The van der Waals surface area contributed by atoms with Crippen molar-refractivity contribution in [3.8, 4) is 67.4 Å². The summed E-state index contributed by atoms with van der Waals surface area (Å²) in [4.78, 5) is 2.29. The molecule has 0 saturated heterocycles. The Hall–Kier alpha value is -8.60. The van der Waals surface area contributed by atoms with Crippen LogP contribution in [0.25, 0.3) is 100 Å². The predicted octanol–water partition coefficient (Wildman–Crippen LogP) is 17.4. The molecule has 0 aliphatic heterocycles. The third-order valence-electron chi connectivity index (χ3n) is 12.1. The van der Waals surface area contributed by atoms with Gasteiger partial charge < -0.3 is 18.2 Å². The summed E-state index contributed by atoms with van der Waals surface area (Å²) in [6.07, 6.45) is 0. The fourth-order valence-corrected chi connectivity index (χ4v) is 9.15. The lowest BCUT2D eigenvalue weighted by molar-refractivity contribution is 0.632. The molecule has 0 bridgehead atoms. The van der Waals surface area contributed by atoms with E-state index in [2.05, 4.69) is 187 Å². The summed E-state index contributed by atoms with van der Waals surface area (Å²) in [7, 11) is 0. The molecule has 0 atom stereocenters. The first-order chi connectivity index (χ1) is 31.7. The Bertz CT molecular complexity index is 3180. The van der Waals surface area contributed by atoms with Crippen molar-refractivity contribution in [1.29, 1.82) is 0 Å². The maximum atomic E-state index is 6.62. The lowest BCUT2D eigenvalue weighted by Crippen LogP contribution is -2.09. The zero-order chi connectivity index (χ0) is 42.4. The normalized spacial score (nSPS) is 11.4. The van der Waals surface area contributed by atoms with Crippen LogP contribution >= 0.6 is 0 Å². The van der Waals surface area contributed by atoms with Gasteiger partial charge in [0.05, 0.1) is 0 Å². The van der Waals surface area contributed by atoms with E-state index in [1.807, 2.05) is 54.6 Å². The Morgan fingerprint density at radius 1 is 0.219 bits per heavy atom. The number of furan rings is 3. The van der Waals surface area contributed by atoms with Gasteiger partial charge in [0.1, 0.15) is 34.0 Å². The molecule has 0 N–H and O–H groups in total. The molecular weight excluding hydrogens is 783 g/mol. The first-order valence-corrected chi connectivity index (χ1v) is 21.6. The molecule has 3 heterocycles. The minimum absolute atomic E-state index is 0.847. The average Bonchev–Trinajstić information content (AvgIpc) is 4.08. The number of nitrogens with zero attached hydrogens (tertiary/aromatic N) is 1. The molecule has 4 nitrogen and oxygen atoms in total. The lowest BCUT2D eigenvalue weighted by atomic mass is 9.97. The second-order valence-corrected chi connectivity index (χ2v) is 16.0. The molecule has 0 spiro atoms. The van der Waals surface area contributed by atoms with Crippen molar-refractivity contribution in [2.75, 3.05) is 4.90 Å². The fraction of sp³-hybridized carbons (Fsp3) is 0. The molecule has 0 radical (unpaired) electrons. The summed E-state index contributed by atoms with van der Waals surface area (Å²) in [5.41, 5.74) is 15.2. The van der Waals surface area contributed by atoms with Crippen LogP contribution in [0.4, 0.5) is 17.1 Å². The van der Waals surface area contributed by atoms with Crippen molar-refractivity contribution in [1.82, 2.24) is 0 Å². The highest BCUT2D eigenvalue weighted by Crippen LogP contribution is 2.46. The molecule has 12 aromatic rings. The molecule has 0 aliphatic carbocycles. The zero-order valence-electron chi connectivity index (χ0n) is 34.7. The standard InChI is InChI=1S/C60H39NO3/c1-4-16-40(17-5-1)55-49-22-10-13-25-52(49)62-58(55)43-28-34-46(35-29-43)61(47-36-30-44(31-37-47)59-56(41-18-6-2-7-19-41)50-23-11-14-26-53(50)63-59)48-38-32-45(33-39-48)60-57(42-20-8-3-9-21-42)51-24-12-15-27-54(51)64-60/h1-39H. The molecule has 0 aliphatic rings. The lowest BCUT2D eigenvalue weighted by Gasteiger charge is -2.26. The molecule has 0 saturated carbocycles. The summed E-state index contributed by atoms with van der Waals surface area (Å²) in [5.74, 6) is 2.54. The molecule has 12 rings (SSSR count). The van der Waals surface area contributed by atoms with Gasteiger partial charge in [-0.2, -0.15) is 0 Å². The number of hydrogen-bond acceptors (Lipinski definition) is 4. The van der Waals surface area contributed by atoms with Crippen LogP contribution < -0.4 is 4.90 Å². The first-order valence-electron chi connectivity index (χ1n) is 21.6. The van der Waals surface area contributed by atoms with Gasteiger partial charge in [-0.25, -0.2) is 0 Å². The largest absolute Gasteiger partial charge is 0.455 e. The SMILES string of the molecule is c1ccc(-c2c(-c3ccc(N(c4ccc(-c5oc6ccccc6c5-c5ccccc5)cc4)c4ccc(-c5oc6ccccc6c5-c5ccccc5)cc4)cc3)oc3ccccc23)cc1. The highest BCUT2D eigenvalue weighted by Gasteiger charge is 2.22. The van der Waals surface area contributed by atoms with Gasteiger partial charge in [-0.15, -0.1) is 0 Å². The number of para-hydroxylation sites is 3. The highest BCUT2D eigenvalue weighted by molar-refractivity contribution is 6.04. The highest BCUT2D eigenvalue weighted by atomic mass is 16.3.